The van der Waals surface area contributed by atoms with E-state index in [0.29, 0.717) is 29.1 Å². The molecule has 0 unspecified atom stereocenters. The maximum Gasteiger partial charge on any atom is 0.341 e. The second-order valence-electron chi connectivity index (χ2n) is 6.58. The van der Waals surface area contributed by atoms with Crippen LogP contribution < -0.4 is 10.2 Å². The van der Waals surface area contributed by atoms with E-state index in [1.165, 1.54) is 6.20 Å². The fourth-order valence-electron chi connectivity index (χ4n) is 2.76. The zero-order chi connectivity index (χ0) is 21.0. The highest BCUT2D eigenvalue weighted by Crippen LogP contribution is 2.17. The molecule has 150 valence electrons. The molecule has 2 aromatic heterocycles. The molecule has 2 heterocycles. The number of pyridine rings is 1. The van der Waals surface area contributed by atoms with Crippen molar-refractivity contribution in [3.63, 3.8) is 0 Å². The molecule has 0 aliphatic carbocycles. The highest BCUT2D eigenvalue weighted by molar-refractivity contribution is 6.04. The largest absolute Gasteiger partial charge is 0.462 e. The number of esters is 1. The van der Waals surface area contributed by atoms with Gasteiger partial charge in [0, 0.05) is 19.7 Å². The van der Waals surface area contributed by atoms with Gasteiger partial charge in [0.2, 0.25) is 0 Å². The Hall–Kier alpha value is -3.68. The monoisotopic (exact) mass is 393 g/mol. The lowest BCUT2D eigenvalue weighted by Crippen LogP contribution is -2.14. The number of amides is 1. The number of anilines is 2. The Morgan fingerprint density at radius 2 is 1.83 bits per heavy atom. The molecule has 0 radical (unpaired) electrons. The molecule has 0 fully saturated rings. The molecule has 8 heteroatoms. The molecular formula is C21H23N5O3. The summed E-state index contributed by atoms with van der Waals surface area (Å²) in [6, 6.07) is 10.6. The maximum absolute atomic E-state index is 12.5. The summed E-state index contributed by atoms with van der Waals surface area (Å²) in [4.78, 5) is 30.6. The maximum atomic E-state index is 12.5. The minimum Gasteiger partial charge on any atom is -0.462 e. The third-order valence-electron chi connectivity index (χ3n) is 4.34. The van der Waals surface area contributed by atoms with Gasteiger partial charge in [-0.25, -0.2) is 14.5 Å². The van der Waals surface area contributed by atoms with Gasteiger partial charge in [-0.15, -0.1) is 0 Å². The standard InChI is InChI=1S/C21H23N5O3/c1-5-29-21(28)18-13-23-26(14(18)2)17-9-6-15(7-10-17)20(27)24-16-8-11-19(22-12-16)25(3)4/h6-13H,5H2,1-4H3,(H,24,27). The van der Waals surface area contributed by atoms with Crippen molar-refractivity contribution in [2.75, 3.05) is 30.9 Å². The predicted octanol–water partition coefficient (Wildman–Crippen LogP) is 3.07. The molecule has 0 bridgehead atoms. The Bertz CT molecular complexity index is 1010. The van der Waals surface area contributed by atoms with E-state index in [1.54, 1.807) is 55.1 Å². The van der Waals surface area contributed by atoms with Gasteiger partial charge in [-0.1, -0.05) is 0 Å². The van der Waals surface area contributed by atoms with Crippen molar-refractivity contribution >= 4 is 23.4 Å². The SMILES string of the molecule is CCOC(=O)c1cnn(-c2ccc(C(=O)Nc3ccc(N(C)C)nc3)cc2)c1C. The third kappa shape index (κ3) is 4.43. The summed E-state index contributed by atoms with van der Waals surface area (Å²) in [7, 11) is 3.80. The van der Waals surface area contributed by atoms with Gasteiger partial charge < -0.3 is 15.0 Å². The predicted molar refractivity (Wildman–Crippen MR) is 111 cm³/mol. The number of hydrogen-bond donors (Lipinski definition) is 1. The van der Waals surface area contributed by atoms with E-state index in [-0.39, 0.29) is 5.91 Å². The molecule has 3 aromatic rings. The third-order valence-corrected chi connectivity index (χ3v) is 4.34. The highest BCUT2D eigenvalue weighted by atomic mass is 16.5. The average molecular weight is 393 g/mol. The Morgan fingerprint density at radius 1 is 1.10 bits per heavy atom. The number of carbonyl (C=O) groups is 2. The molecule has 0 saturated carbocycles. The van der Waals surface area contributed by atoms with Crippen molar-refractivity contribution in [3.8, 4) is 5.69 Å². The Balaban J connectivity index is 1.73. The number of benzene rings is 1. The van der Waals surface area contributed by atoms with E-state index in [4.69, 9.17) is 4.74 Å². The van der Waals surface area contributed by atoms with Crippen LogP contribution in [0, 0.1) is 6.92 Å². The van der Waals surface area contributed by atoms with E-state index in [9.17, 15) is 9.59 Å². The fourth-order valence-corrected chi connectivity index (χ4v) is 2.76. The van der Waals surface area contributed by atoms with E-state index in [2.05, 4.69) is 15.4 Å². The van der Waals surface area contributed by atoms with Crippen molar-refractivity contribution in [1.82, 2.24) is 14.8 Å². The second kappa shape index (κ2) is 8.55. The molecule has 29 heavy (non-hydrogen) atoms. The summed E-state index contributed by atoms with van der Waals surface area (Å²) in [5.74, 6) is 0.172. The van der Waals surface area contributed by atoms with Crippen LogP contribution in [0.4, 0.5) is 11.5 Å². The summed E-state index contributed by atoms with van der Waals surface area (Å²) in [6.45, 7) is 3.86. The average Bonchev–Trinajstić information content (AvgIpc) is 3.10. The normalized spacial score (nSPS) is 10.5. The number of rotatable bonds is 6. The molecule has 0 aliphatic rings. The number of ether oxygens (including phenoxy) is 1. The van der Waals surface area contributed by atoms with Gasteiger partial charge in [0.1, 0.15) is 11.4 Å². The molecule has 0 spiro atoms. The van der Waals surface area contributed by atoms with E-state index in [1.807, 2.05) is 25.1 Å². The Labute approximate surface area is 169 Å². The summed E-state index contributed by atoms with van der Waals surface area (Å²) < 4.78 is 6.67. The first-order chi connectivity index (χ1) is 13.9. The number of aromatic nitrogens is 3. The topological polar surface area (TPSA) is 89.3 Å². The smallest absolute Gasteiger partial charge is 0.341 e. The molecule has 1 aromatic carbocycles. The minimum atomic E-state index is -0.402. The summed E-state index contributed by atoms with van der Waals surface area (Å²) in [5, 5.41) is 7.08. The van der Waals surface area contributed by atoms with Crippen molar-refractivity contribution < 1.29 is 14.3 Å². The van der Waals surface area contributed by atoms with Crippen LogP contribution in [0.1, 0.15) is 33.3 Å². The molecule has 1 N–H and O–H groups in total. The van der Waals surface area contributed by atoms with Crippen LogP contribution in [-0.2, 0) is 4.74 Å². The van der Waals surface area contributed by atoms with Gasteiger partial charge >= 0.3 is 5.97 Å². The summed E-state index contributed by atoms with van der Waals surface area (Å²) in [6.07, 6.45) is 3.10. The summed E-state index contributed by atoms with van der Waals surface area (Å²) >= 11 is 0. The number of nitrogens with zero attached hydrogens (tertiary/aromatic N) is 4. The van der Waals surface area contributed by atoms with Gasteiger partial charge in [0.15, 0.2) is 0 Å². The van der Waals surface area contributed by atoms with E-state index >= 15 is 0 Å². The molecule has 3 rings (SSSR count). The van der Waals surface area contributed by atoms with Crippen LogP contribution in [0.25, 0.3) is 5.69 Å². The van der Waals surface area contributed by atoms with Crippen molar-refractivity contribution in [2.24, 2.45) is 0 Å². The molecule has 0 atom stereocenters. The van der Waals surface area contributed by atoms with Crippen LogP contribution in [0.15, 0.2) is 48.8 Å². The molecule has 0 saturated heterocycles. The van der Waals surface area contributed by atoms with E-state index < -0.39 is 5.97 Å². The van der Waals surface area contributed by atoms with Gasteiger partial charge in [-0.05, 0) is 50.2 Å². The number of hydrogen-bond acceptors (Lipinski definition) is 6. The number of carbonyl (C=O) groups excluding carboxylic acids is 2. The van der Waals surface area contributed by atoms with Crippen LogP contribution in [0.3, 0.4) is 0 Å². The van der Waals surface area contributed by atoms with Gasteiger partial charge in [0.05, 0.1) is 36.1 Å². The van der Waals surface area contributed by atoms with Gasteiger partial charge in [0.25, 0.3) is 5.91 Å². The molecular weight excluding hydrogens is 370 g/mol. The molecule has 1 amide bonds. The molecule has 8 nitrogen and oxygen atoms in total. The van der Waals surface area contributed by atoms with Crippen molar-refractivity contribution in [3.05, 3.63) is 65.6 Å². The zero-order valence-corrected chi connectivity index (χ0v) is 16.8. The van der Waals surface area contributed by atoms with Crippen molar-refractivity contribution in [2.45, 2.75) is 13.8 Å². The summed E-state index contributed by atoms with van der Waals surface area (Å²) in [5.41, 5.74) is 2.95. The second-order valence-corrected chi connectivity index (χ2v) is 6.58. The Morgan fingerprint density at radius 3 is 2.41 bits per heavy atom. The lowest BCUT2D eigenvalue weighted by molar-refractivity contribution is 0.0525. The van der Waals surface area contributed by atoms with Gasteiger partial charge in [-0.3, -0.25) is 4.79 Å². The lowest BCUT2D eigenvalue weighted by Gasteiger charge is -2.12. The van der Waals surface area contributed by atoms with Crippen LogP contribution in [0.2, 0.25) is 0 Å². The van der Waals surface area contributed by atoms with E-state index in [0.717, 1.165) is 11.5 Å². The first-order valence-electron chi connectivity index (χ1n) is 9.17. The first kappa shape index (κ1) is 20.1. The first-order valence-corrected chi connectivity index (χ1v) is 9.17. The Kier molecular flexibility index (Phi) is 5.92. The molecule has 0 aliphatic heterocycles. The lowest BCUT2D eigenvalue weighted by atomic mass is 10.2. The van der Waals surface area contributed by atoms with Crippen LogP contribution >= 0.6 is 0 Å². The number of nitrogens with one attached hydrogen (secondary N) is 1. The zero-order valence-electron chi connectivity index (χ0n) is 16.8. The minimum absolute atomic E-state index is 0.236. The van der Waals surface area contributed by atoms with Crippen LogP contribution in [-0.4, -0.2) is 47.3 Å². The van der Waals surface area contributed by atoms with Gasteiger partial charge in [-0.2, -0.15) is 5.10 Å². The highest BCUT2D eigenvalue weighted by Gasteiger charge is 2.16. The van der Waals surface area contributed by atoms with Crippen molar-refractivity contribution in [1.29, 1.82) is 0 Å². The fraction of sp³-hybridized carbons (Fsp3) is 0.238. The van der Waals surface area contributed by atoms with Crippen LogP contribution in [0.5, 0.6) is 0 Å². The quantitative estimate of drug-likeness (QED) is 0.648.